The van der Waals surface area contributed by atoms with Gasteiger partial charge in [0.1, 0.15) is 6.42 Å². The molecule has 0 aromatic carbocycles. The molecular weight excluding hydrogens is 550 g/mol. The Balaban J connectivity index is 0.973. The minimum absolute atomic E-state index is 0.0411. The summed E-state index contributed by atoms with van der Waals surface area (Å²) in [6, 6.07) is 0.406. The Morgan fingerprint density at radius 2 is 1.55 bits per heavy atom. The molecule has 1 spiro atoms. The van der Waals surface area contributed by atoms with Crippen molar-refractivity contribution in [3.63, 3.8) is 0 Å². The van der Waals surface area contributed by atoms with Crippen molar-refractivity contribution in [1.82, 2.24) is 15.5 Å². The molecule has 2 amide bonds. The zero-order chi connectivity index (χ0) is 31.1. The lowest BCUT2D eigenvalue weighted by Crippen LogP contribution is -2.59. The van der Waals surface area contributed by atoms with Crippen LogP contribution in [-0.4, -0.2) is 67.4 Å². The molecule has 12 atom stereocenters. The quantitative estimate of drug-likeness (QED) is 0.387. The lowest BCUT2D eigenvalue weighted by Gasteiger charge is -2.65. The predicted molar refractivity (Wildman–Crippen MR) is 172 cm³/mol. The lowest BCUT2D eigenvalue weighted by molar-refractivity contribution is -0.276. The zero-order valence-corrected chi connectivity index (χ0v) is 28.6. The lowest BCUT2D eigenvalue weighted by atomic mass is 9.40. The van der Waals surface area contributed by atoms with Crippen LogP contribution in [0.2, 0.25) is 0 Å². The molecule has 4 aliphatic carbocycles. The van der Waals surface area contributed by atoms with Crippen molar-refractivity contribution in [2.75, 3.05) is 26.7 Å². The number of amides is 2. The molecule has 0 radical (unpaired) electrons. The highest BCUT2D eigenvalue weighted by Gasteiger charge is 2.73. The first-order valence-corrected chi connectivity index (χ1v) is 18.5. The number of carbonyl (C=O) groups is 2. The van der Waals surface area contributed by atoms with Crippen molar-refractivity contribution in [2.24, 2.45) is 51.8 Å². The average Bonchev–Trinajstić information content (AvgIpc) is 3.37. The number of nitrogens with zero attached hydrogens (tertiary/aromatic N) is 1. The summed E-state index contributed by atoms with van der Waals surface area (Å²) in [5.41, 5.74) is 0.952. The van der Waals surface area contributed by atoms with E-state index in [0.717, 1.165) is 63.6 Å². The van der Waals surface area contributed by atoms with Gasteiger partial charge in [-0.3, -0.25) is 9.59 Å². The average molecular weight is 612 g/mol. The van der Waals surface area contributed by atoms with Gasteiger partial charge in [-0.15, -0.1) is 0 Å². The summed E-state index contributed by atoms with van der Waals surface area (Å²) in [4.78, 5) is 27.8. The molecule has 4 saturated carbocycles. The number of piperidine rings is 1. The van der Waals surface area contributed by atoms with Gasteiger partial charge in [0, 0.05) is 24.4 Å². The maximum Gasteiger partial charge on any atom is 0.229 e. The van der Waals surface area contributed by atoms with E-state index in [2.05, 4.69) is 57.2 Å². The number of hydrogen-bond donors (Lipinski definition) is 2. The summed E-state index contributed by atoms with van der Waals surface area (Å²) in [6.45, 7) is 15.5. The van der Waals surface area contributed by atoms with Crippen LogP contribution in [0.1, 0.15) is 118 Å². The molecule has 3 saturated heterocycles. The smallest absolute Gasteiger partial charge is 0.229 e. The van der Waals surface area contributed by atoms with Crippen molar-refractivity contribution in [2.45, 2.75) is 142 Å². The standard InChI is InChI=1S/C37H61N3O4/c1-23-9-16-37(43-22-23)24(2)33-30(44-37)21-36(5)29-8-7-25-19-27(10-14-34(25,3)28(29)11-15-35(33,36)4)39-32(42)20-31(41)38-26-12-17-40(6)18-13-26/h23-30,33H,7-22H2,1-6H3,(H,38,41)(H,39,42)/t23-,24-,25+,27+,28-,29+,30-,33-,34-,35+,36-,37+/m0/s1. The van der Waals surface area contributed by atoms with Crippen LogP contribution in [0.3, 0.4) is 0 Å². The van der Waals surface area contributed by atoms with Crippen molar-refractivity contribution >= 4 is 11.8 Å². The summed E-state index contributed by atoms with van der Waals surface area (Å²) in [6.07, 6.45) is 14.2. The van der Waals surface area contributed by atoms with Crippen LogP contribution in [-0.2, 0) is 19.1 Å². The minimum atomic E-state index is -0.344. The second kappa shape index (κ2) is 11.2. The Morgan fingerprint density at radius 1 is 0.818 bits per heavy atom. The SMILES string of the molecule is C[C@H]1CC[C@@]2(OC1)O[C@H]1C[C@@]3(C)[C@@H]4CC[C@@H]5C[C@H](NC(=O)CC(=O)NC6CCN(C)CC6)CC[C@]5(C)[C@H]4CC[C@]3(C)[C@H]1[C@@H]2C. The topological polar surface area (TPSA) is 79.9 Å². The Hall–Kier alpha value is -1.18. The first-order chi connectivity index (χ1) is 20.9. The van der Waals surface area contributed by atoms with Crippen molar-refractivity contribution < 1.29 is 19.1 Å². The second-order valence-electron chi connectivity index (χ2n) is 17.7. The second-order valence-corrected chi connectivity index (χ2v) is 17.7. The van der Waals surface area contributed by atoms with Gasteiger partial charge in [0.05, 0.1) is 12.7 Å². The summed E-state index contributed by atoms with van der Waals surface area (Å²) < 4.78 is 13.6. The molecule has 3 heterocycles. The summed E-state index contributed by atoms with van der Waals surface area (Å²) in [5, 5.41) is 6.40. The van der Waals surface area contributed by atoms with Crippen molar-refractivity contribution in [1.29, 1.82) is 0 Å². The molecule has 0 unspecified atom stereocenters. The van der Waals surface area contributed by atoms with E-state index in [0.29, 0.717) is 46.0 Å². The number of ether oxygens (including phenoxy) is 2. The number of carbonyl (C=O) groups excluding carboxylic acids is 2. The first kappa shape index (κ1) is 31.4. The third-order valence-electron chi connectivity index (χ3n) is 15.5. The van der Waals surface area contributed by atoms with Crippen LogP contribution in [0.4, 0.5) is 0 Å². The fraction of sp³-hybridized carbons (Fsp3) is 0.946. The molecule has 7 nitrogen and oxygen atoms in total. The van der Waals surface area contributed by atoms with Gasteiger partial charge >= 0.3 is 0 Å². The maximum atomic E-state index is 12.9. The van der Waals surface area contributed by atoms with Gasteiger partial charge in [0.15, 0.2) is 5.79 Å². The van der Waals surface area contributed by atoms with Gasteiger partial charge in [-0.1, -0.05) is 34.6 Å². The highest BCUT2D eigenvalue weighted by atomic mass is 16.7. The summed E-state index contributed by atoms with van der Waals surface area (Å²) in [7, 11) is 2.12. The first-order valence-electron chi connectivity index (χ1n) is 18.5. The van der Waals surface area contributed by atoms with Crippen LogP contribution in [0, 0.1) is 51.8 Å². The third kappa shape index (κ3) is 4.91. The molecule has 7 aliphatic rings. The molecule has 7 fully saturated rings. The number of rotatable bonds is 4. The van der Waals surface area contributed by atoms with Crippen LogP contribution in [0.15, 0.2) is 0 Å². The van der Waals surface area contributed by atoms with E-state index < -0.39 is 0 Å². The van der Waals surface area contributed by atoms with E-state index in [1.807, 2.05) is 0 Å². The van der Waals surface area contributed by atoms with E-state index in [1.165, 1.54) is 44.9 Å². The molecule has 7 heteroatoms. The molecule has 7 rings (SSSR count). The van der Waals surface area contributed by atoms with Gasteiger partial charge in [0.25, 0.3) is 0 Å². The minimum Gasteiger partial charge on any atom is -0.353 e. The van der Waals surface area contributed by atoms with E-state index in [1.54, 1.807) is 0 Å². The summed E-state index contributed by atoms with van der Waals surface area (Å²) in [5.74, 6) is 3.29. The largest absolute Gasteiger partial charge is 0.353 e. The molecule has 3 aliphatic heterocycles. The Kier molecular flexibility index (Phi) is 8.01. The number of likely N-dealkylation sites (tertiary alicyclic amines) is 1. The van der Waals surface area contributed by atoms with Gasteiger partial charge in [-0.25, -0.2) is 0 Å². The Labute approximate surface area is 266 Å². The van der Waals surface area contributed by atoms with Crippen LogP contribution in [0.5, 0.6) is 0 Å². The van der Waals surface area contributed by atoms with E-state index >= 15 is 0 Å². The number of nitrogens with one attached hydrogen (secondary N) is 2. The fourth-order valence-electron chi connectivity index (χ4n) is 12.7. The van der Waals surface area contributed by atoms with Crippen molar-refractivity contribution in [3.05, 3.63) is 0 Å². The number of hydrogen-bond acceptors (Lipinski definition) is 5. The normalized spacial score (nSPS) is 50.8. The fourth-order valence-corrected chi connectivity index (χ4v) is 12.7. The predicted octanol–water partition coefficient (Wildman–Crippen LogP) is 5.91. The summed E-state index contributed by atoms with van der Waals surface area (Å²) >= 11 is 0. The molecule has 2 N–H and O–H groups in total. The highest BCUT2D eigenvalue weighted by Crippen LogP contribution is 2.76. The molecule has 0 aromatic heterocycles. The van der Waals surface area contributed by atoms with Gasteiger partial charge in [0.2, 0.25) is 11.8 Å². The molecule has 0 bridgehead atoms. The molecule has 44 heavy (non-hydrogen) atoms. The number of fused-ring (bicyclic) bond motifs is 7. The van der Waals surface area contributed by atoms with Crippen molar-refractivity contribution in [3.8, 4) is 0 Å². The van der Waals surface area contributed by atoms with Gasteiger partial charge < -0.3 is 25.0 Å². The van der Waals surface area contributed by atoms with Crippen LogP contribution in [0.25, 0.3) is 0 Å². The van der Waals surface area contributed by atoms with E-state index in [-0.39, 0.29) is 36.1 Å². The monoisotopic (exact) mass is 611 g/mol. The van der Waals surface area contributed by atoms with Crippen LogP contribution >= 0.6 is 0 Å². The van der Waals surface area contributed by atoms with E-state index in [4.69, 9.17) is 9.47 Å². The highest BCUT2D eigenvalue weighted by molar-refractivity contribution is 5.97. The van der Waals surface area contributed by atoms with Gasteiger partial charge in [-0.05, 0) is 137 Å². The van der Waals surface area contributed by atoms with Gasteiger partial charge in [-0.2, -0.15) is 0 Å². The van der Waals surface area contributed by atoms with Crippen LogP contribution < -0.4 is 10.6 Å². The zero-order valence-electron chi connectivity index (χ0n) is 28.6. The maximum absolute atomic E-state index is 12.9. The Morgan fingerprint density at radius 3 is 2.25 bits per heavy atom. The van der Waals surface area contributed by atoms with E-state index in [9.17, 15) is 9.59 Å². The molecular formula is C37H61N3O4. The molecule has 248 valence electrons. The Bertz CT molecular complexity index is 1110. The third-order valence-corrected chi connectivity index (χ3v) is 15.5. The molecule has 0 aromatic rings.